The first kappa shape index (κ1) is 37.6. The predicted molar refractivity (Wildman–Crippen MR) is 171 cm³/mol. The van der Waals surface area contributed by atoms with Gasteiger partial charge >= 0.3 is 35.1 Å². The molecule has 0 saturated carbocycles. The molecule has 53 heavy (non-hydrogen) atoms. The molecule has 4 aromatic carbocycles. The third-order valence-electron chi connectivity index (χ3n) is 7.58. The van der Waals surface area contributed by atoms with E-state index in [1.54, 1.807) is 30.3 Å². The summed E-state index contributed by atoms with van der Waals surface area (Å²) in [4.78, 5) is 68.8. The first-order valence-corrected chi connectivity index (χ1v) is 18.8. The maximum atomic E-state index is 13.6. The molecule has 0 aliphatic carbocycles. The van der Waals surface area contributed by atoms with Crippen LogP contribution in [0.5, 0.6) is 34.5 Å². The number of phenols is 2. The maximum Gasteiger partial charge on any atom is 0.536 e. The van der Waals surface area contributed by atoms with E-state index in [0.717, 1.165) is 6.92 Å². The van der Waals surface area contributed by atoms with Gasteiger partial charge in [0, 0.05) is 39.8 Å². The zero-order chi connectivity index (χ0) is 38.8. The van der Waals surface area contributed by atoms with Gasteiger partial charge in [-0.2, -0.15) is 8.70 Å². The van der Waals surface area contributed by atoms with Crippen molar-refractivity contribution in [2.45, 2.75) is 12.5 Å². The normalized spacial score (nSPS) is 17.0. The van der Waals surface area contributed by atoms with Crippen LogP contribution in [-0.4, -0.2) is 40.6 Å². The van der Waals surface area contributed by atoms with E-state index in [1.165, 1.54) is 30.3 Å². The number of phenolic OH excluding ortho intramolecular Hbond substituents is 2. The van der Waals surface area contributed by atoms with Crippen LogP contribution >= 0.6 is 23.5 Å². The Labute approximate surface area is 293 Å². The number of phosphoric ester groups is 2. The minimum atomic E-state index is -5.32. The molecule has 2 atom stereocenters. The standard InChI is InChI=1S/C20H14O11P2.C10H7F2O7P/c21-11-5-7-15-17(9-11)28-18-10-12(30-33(26,27)31-32(23,24)25)6-8-16(18)20(15)14-4-2-1-3-13(14)19(22)29-20;1-3-4-2-5(11)7(13)6(12)9(4)18-10(14)8(3)19-20(15,16)17/h1-10,21H,(H,26,27)(H2,23,24,25);2,13H,1H3,(H2,15,16,17). The topological polar surface area (TPSA) is 286 Å². The van der Waals surface area contributed by atoms with Crippen molar-refractivity contribution in [2.24, 2.45) is 0 Å². The summed E-state index contributed by atoms with van der Waals surface area (Å²) in [5, 5.41) is 18.7. The van der Waals surface area contributed by atoms with Crippen LogP contribution in [0.2, 0.25) is 0 Å². The Kier molecular flexibility index (Phi) is 9.28. The third kappa shape index (κ3) is 7.15. The number of halogens is 2. The number of benzene rings is 4. The van der Waals surface area contributed by atoms with Gasteiger partial charge in [-0.05, 0) is 43.3 Å². The number of fused-ring (bicyclic) bond motifs is 7. The van der Waals surface area contributed by atoms with Crippen molar-refractivity contribution >= 4 is 40.4 Å². The summed E-state index contributed by atoms with van der Waals surface area (Å²) in [5.74, 6) is -5.82. The number of aryl methyl sites for hydroxylation is 1. The lowest BCUT2D eigenvalue weighted by molar-refractivity contribution is 0.0224. The molecule has 2 unspecified atom stereocenters. The van der Waals surface area contributed by atoms with Gasteiger partial charge in [0.2, 0.25) is 11.6 Å². The van der Waals surface area contributed by atoms with Crippen LogP contribution in [0.4, 0.5) is 8.78 Å². The Morgan fingerprint density at radius 3 is 2.08 bits per heavy atom. The summed E-state index contributed by atoms with van der Waals surface area (Å²) in [6.07, 6.45) is 0. The first-order chi connectivity index (χ1) is 24.6. The monoisotopic (exact) mass is 800 g/mol. The van der Waals surface area contributed by atoms with Crippen LogP contribution in [0.1, 0.15) is 32.6 Å². The van der Waals surface area contributed by atoms with E-state index in [0.29, 0.717) is 28.3 Å². The highest BCUT2D eigenvalue weighted by atomic mass is 31.3. The number of aromatic hydroxyl groups is 2. The highest BCUT2D eigenvalue weighted by Gasteiger charge is 2.53. The molecule has 3 heterocycles. The van der Waals surface area contributed by atoms with Crippen molar-refractivity contribution in [3.05, 3.63) is 117 Å². The fourth-order valence-corrected chi connectivity index (χ4v) is 7.63. The Morgan fingerprint density at radius 2 is 1.42 bits per heavy atom. The number of hydrogen-bond donors (Lipinski definition) is 7. The number of rotatable bonds is 6. The zero-order valence-corrected chi connectivity index (χ0v) is 28.8. The van der Waals surface area contributed by atoms with Crippen LogP contribution in [0.15, 0.2) is 75.9 Å². The van der Waals surface area contributed by atoms with Crippen LogP contribution < -0.4 is 19.4 Å². The Morgan fingerprint density at radius 1 is 0.774 bits per heavy atom. The van der Waals surface area contributed by atoms with E-state index in [4.69, 9.17) is 38.7 Å². The number of carbonyl (C=O) groups excluding carboxylic acids is 1. The zero-order valence-electron chi connectivity index (χ0n) is 26.1. The quantitative estimate of drug-likeness (QED) is 0.0667. The second-order valence-corrected chi connectivity index (χ2v) is 14.9. The van der Waals surface area contributed by atoms with Gasteiger partial charge in [-0.15, -0.1) is 0 Å². The minimum absolute atomic E-state index is 0.0475. The number of ether oxygens (including phenoxy) is 2. The first-order valence-electron chi connectivity index (χ1n) is 14.3. The molecular formula is C30H21F2O18P3. The van der Waals surface area contributed by atoms with E-state index in [9.17, 15) is 42.1 Å². The van der Waals surface area contributed by atoms with Gasteiger partial charge in [0.1, 0.15) is 23.0 Å². The van der Waals surface area contributed by atoms with Crippen molar-refractivity contribution in [3.8, 4) is 34.5 Å². The van der Waals surface area contributed by atoms with Crippen molar-refractivity contribution in [1.29, 1.82) is 0 Å². The second kappa shape index (κ2) is 13.1. The molecule has 0 bridgehead atoms. The van der Waals surface area contributed by atoms with Gasteiger partial charge in [-0.25, -0.2) is 27.7 Å². The van der Waals surface area contributed by atoms with Crippen LogP contribution in [0.25, 0.3) is 11.0 Å². The highest BCUT2D eigenvalue weighted by Crippen LogP contribution is 2.60. The molecule has 5 aromatic rings. The third-order valence-corrected chi connectivity index (χ3v) is 10.1. The Hall–Kier alpha value is -5.13. The lowest BCUT2D eigenvalue weighted by Gasteiger charge is -2.36. The summed E-state index contributed by atoms with van der Waals surface area (Å²) in [5.41, 5.74) is -2.14. The largest absolute Gasteiger partial charge is 0.536 e. The van der Waals surface area contributed by atoms with E-state index < -0.39 is 69.4 Å². The van der Waals surface area contributed by atoms with Gasteiger partial charge < -0.3 is 42.9 Å². The summed E-state index contributed by atoms with van der Waals surface area (Å²) in [6, 6.07) is 15.5. The van der Waals surface area contributed by atoms with Crippen molar-refractivity contribution in [2.75, 3.05) is 0 Å². The Bertz CT molecular complexity index is 2560. The second-order valence-electron chi connectivity index (χ2n) is 11.0. The number of hydrogen-bond acceptors (Lipinski definition) is 13. The SMILES string of the molecule is Cc1c(OP(=O)(O)O)c(=O)oc2c(F)c(O)c(F)cc12.O=C1OC2(c3ccc(O)cc3Oc3cc(OP(=O)(O)OP(=O)(O)O)ccc32)c2ccccc21. The van der Waals surface area contributed by atoms with Crippen molar-refractivity contribution in [3.63, 3.8) is 0 Å². The molecule has 1 aromatic heterocycles. The molecule has 0 radical (unpaired) electrons. The highest BCUT2D eigenvalue weighted by molar-refractivity contribution is 7.60. The van der Waals surface area contributed by atoms with Crippen LogP contribution in [0.3, 0.4) is 0 Å². The van der Waals surface area contributed by atoms with Crippen molar-refractivity contribution < 1.29 is 89.2 Å². The molecule has 0 saturated heterocycles. The van der Waals surface area contributed by atoms with Crippen LogP contribution in [0, 0.1) is 18.6 Å². The summed E-state index contributed by atoms with van der Waals surface area (Å²) < 4.78 is 89.3. The maximum absolute atomic E-state index is 13.6. The lowest BCUT2D eigenvalue weighted by Crippen LogP contribution is -2.32. The van der Waals surface area contributed by atoms with Gasteiger partial charge in [-0.1, -0.05) is 18.2 Å². The number of esters is 1. The number of phosphoric acid groups is 3. The van der Waals surface area contributed by atoms with Gasteiger partial charge in [0.05, 0.1) is 5.56 Å². The number of carbonyl (C=O) groups is 1. The smallest absolute Gasteiger partial charge is 0.508 e. The van der Waals surface area contributed by atoms with E-state index in [1.807, 2.05) is 0 Å². The molecule has 7 rings (SSSR count). The summed E-state index contributed by atoms with van der Waals surface area (Å²) >= 11 is 0. The average Bonchev–Trinajstić information content (AvgIpc) is 3.33. The molecular weight excluding hydrogens is 779 g/mol. The van der Waals surface area contributed by atoms with Gasteiger partial charge in [0.15, 0.2) is 22.8 Å². The lowest BCUT2D eigenvalue weighted by atomic mass is 9.77. The predicted octanol–water partition coefficient (Wildman–Crippen LogP) is 5.11. The van der Waals surface area contributed by atoms with Gasteiger partial charge in [0.25, 0.3) is 0 Å². The molecule has 2 aliphatic heterocycles. The molecule has 18 nitrogen and oxygen atoms in total. The van der Waals surface area contributed by atoms with Crippen molar-refractivity contribution in [1.82, 2.24) is 0 Å². The fraction of sp³-hybridized carbons (Fsp3) is 0.0667. The van der Waals surface area contributed by atoms with Gasteiger partial charge in [-0.3, -0.25) is 14.7 Å². The molecule has 0 fully saturated rings. The summed E-state index contributed by atoms with van der Waals surface area (Å²) in [7, 11) is -15.6. The summed E-state index contributed by atoms with van der Waals surface area (Å²) in [6.45, 7) is 1.15. The molecule has 23 heteroatoms. The molecule has 7 N–H and O–H groups in total. The van der Waals surface area contributed by atoms with Crippen LogP contribution in [-0.2, 0) is 28.3 Å². The molecule has 2 aliphatic rings. The molecule has 0 amide bonds. The van der Waals surface area contributed by atoms with E-state index in [2.05, 4.69) is 13.3 Å². The Balaban J connectivity index is 0.000000206. The minimum Gasteiger partial charge on any atom is -0.508 e. The van der Waals surface area contributed by atoms with E-state index >= 15 is 0 Å². The van der Waals surface area contributed by atoms with E-state index in [-0.39, 0.29) is 33.9 Å². The molecule has 1 spiro atoms. The molecule has 278 valence electrons. The average molecular weight is 800 g/mol. The fourth-order valence-electron chi connectivity index (χ4n) is 5.59.